The van der Waals surface area contributed by atoms with Crippen LogP contribution in [0.4, 0.5) is 0 Å². The zero-order valence-corrected chi connectivity index (χ0v) is 7.76. The molecule has 0 amide bonds. The Bertz CT molecular complexity index is 242. The van der Waals surface area contributed by atoms with Gasteiger partial charge in [0.25, 0.3) is 0 Å². The second-order valence-corrected chi connectivity index (χ2v) is 4.77. The number of nitrogens with two attached hydrogens (primary N) is 1. The lowest BCUT2D eigenvalue weighted by Gasteiger charge is -2.32. The summed E-state index contributed by atoms with van der Waals surface area (Å²) < 4.78 is 31.8. The summed E-state index contributed by atoms with van der Waals surface area (Å²) in [6.07, 6.45) is 0. The molecule has 0 aliphatic carbocycles. The van der Waals surface area contributed by atoms with E-state index in [4.69, 9.17) is 14.6 Å². The minimum absolute atomic E-state index is 0.194. The second kappa shape index (κ2) is 3.29. The first-order valence-corrected chi connectivity index (χ1v) is 5.35. The lowest BCUT2D eigenvalue weighted by Crippen LogP contribution is -2.47. The molecule has 72 valence electrons. The number of hydrogen-bond acceptors (Lipinski definition) is 4. The molecule has 1 atom stereocenters. The zero-order chi connectivity index (χ0) is 9.24. The normalized spacial score (nSPS) is 31.8. The van der Waals surface area contributed by atoms with Gasteiger partial charge in [-0.05, 0) is 6.92 Å². The van der Waals surface area contributed by atoms with Crippen LogP contribution in [0.2, 0.25) is 0 Å². The number of primary sulfonamides is 1. The van der Waals surface area contributed by atoms with Crippen molar-refractivity contribution in [3.8, 4) is 0 Å². The molecule has 0 aromatic carbocycles. The molecule has 0 radical (unpaired) electrons. The maximum Gasteiger partial charge on any atom is 0.212 e. The van der Waals surface area contributed by atoms with E-state index in [1.54, 1.807) is 6.92 Å². The quantitative estimate of drug-likeness (QED) is 0.618. The highest BCUT2D eigenvalue weighted by Gasteiger charge is 2.32. The van der Waals surface area contributed by atoms with Crippen LogP contribution in [0.5, 0.6) is 0 Å². The summed E-state index contributed by atoms with van der Waals surface area (Å²) in [5.74, 6) is -0.194. The summed E-state index contributed by atoms with van der Waals surface area (Å²) in [5.41, 5.74) is -0.772. The van der Waals surface area contributed by atoms with Crippen molar-refractivity contribution in [2.24, 2.45) is 5.14 Å². The summed E-state index contributed by atoms with van der Waals surface area (Å²) in [7, 11) is -3.49. The Hall–Kier alpha value is -0.170. The first-order chi connectivity index (χ1) is 5.41. The third-order valence-electron chi connectivity index (χ3n) is 1.59. The Morgan fingerprint density at radius 3 is 2.58 bits per heavy atom. The molecule has 0 bridgehead atoms. The molecule has 0 saturated carbocycles. The van der Waals surface area contributed by atoms with Gasteiger partial charge in [0.1, 0.15) is 5.60 Å². The van der Waals surface area contributed by atoms with Gasteiger partial charge in [-0.2, -0.15) is 0 Å². The van der Waals surface area contributed by atoms with Gasteiger partial charge in [0.15, 0.2) is 0 Å². The Morgan fingerprint density at radius 1 is 1.50 bits per heavy atom. The van der Waals surface area contributed by atoms with Crippen molar-refractivity contribution < 1.29 is 17.9 Å². The summed E-state index contributed by atoms with van der Waals surface area (Å²) in [6.45, 7) is 2.90. The van der Waals surface area contributed by atoms with Crippen molar-refractivity contribution in [3.05, 3.63) is 0 Å². The van der Waals surface area contributed by atoms with Gasteiger partial charge in [0, 0.05) is 0 Å². The van der Waals surface area contributed by atoms with Gasteiger partial charge >= 0.3 is 0 Å². The Balaban J connectivity index is 2.59. The summed E-state index contributed by atoms with van der Waals surface area (Å²) in [5, 5.41) is 4.89. The fraction of sp³-hybridized carbons (Fsp3) is 1.00. The third kappa shape index (κ3) is 3.06. The molecule has 1 saturated heterocycles. The van der Waals surface area contributed by atoms with Crippen molar-refractivity contribution in [2.45, 2.75) is 12.5 Å². The molecule has 1 fully saturated rings. The molecule has 0 aromatic heterocycles. The van der Waals surface area contributed by atoms with Crippen LogP contribution in [0.1, 0.15) is 6.92 Å². The summed E-state index contributed by atoms with van der Waals surface area (Å²) >= 11 is 0. The van der Waals surface area contributed by atoms with Gasteiger partial charge in [-0.15, -0.1) is 0 Å². The summed E-state index contributed by atoms with van der Waals surface area (Å²) in [4.78, 5) is 0. The first-order valence-electron chi connectivity index (χ1n) is 3.63. The van der Waals surface area contributed by atoms with Gasteiger partial charge in [-0.1, -0.05) is 0 Å². The number of hydrogen-bond donors (Lipinski definition) is 1. The average molecular weight is 195 g/mol. The molecule has 0 spiro atoms. The smallest absolute Gasteiger partial charge is 0.212 e. The predicted molar refractivity (Wildman–Crippen MR) is 43.2 cm³/mol. The van der Waals surface area contributed by atoms with Crippen molar-refractivity contribution >= 4 is 10.0 Å². The van der Waals surface area contributed by atoms with E-state index < -0.39 is 15.6 Å². The third-order valence-corrected chi connectivity index (χ3v) is 2.61. The van der Waals surface area contributed by atoms with E-state index in [1.165, 1.54) is 0 Å². The topological polar surface area (TPSA) is 78.6 Å². The Morgan fingerprint density at radius 2 is 2.17 bits per heavy atom. The fourth-order valence-corrected chi connectivity index (χ4v) is 2.20. The lowest BCUT2D eigenvalue weighted by atomic mass is 10.1. The highest BCUT2D eigenvalue weighted by Crippen LogP contribution is 2.16. The van der Waals surface area contributed by atoms with Crippen LogP contribution in [0, 0.1) is 0 Å². The molecule has 1 unspecified atom stereocenters. The monoisotopic (exact) mass is 195 g/mol. The molecule has 1 rings (SSSR count). The second-order valence-electron chi connectivity index (χ2n) is 3.16. The van der Waals surface area contributed by atoms with E-state index in [-0.39, 0.29) is 12.4 Å². The van der Waals surface area contributed by atoms with Crippen LogP contribution in [-0.4, -0.2) is 39.6 Å². The number of rotatable bonds is 2. The van der Waals surface area contributed by atoms with E-state index in [1.807, 2.05) is 0 Å². The molecule has 1 heterocycles. The molecule has 5 nitrogen and oxygen atoms in total. The SMILES string of the molecule is CC1(CS(N)(=O)=O)COCCO1. The van der Waals surface area contributed by atoms with Gasteiger partial charge in [0.05, 0.1) is 25.6 Å². The van der Waals surface area contributed by atoms with Crippen molar-refractivity contribution in [3.63, 3.8) is 0 Å². The molecule has 6 heteroatoms. The lowest BCUT2D eigenvalue weighted by molar-refractivity contribution is -0.135. The van der Waals surface area contributed by atoms with Crippen LogP contribution < -0.4 is 5.14 Å². The standard InChI is InChI=1S/C6H13NO4S/c1-6(5-12(7,8)9)4-10-2-3-11-6/h2-5H2,1H3,(H2,7,8,9). The average Bonchev–Trinajstić information content (AvgIpc) is 1.83. The summed E-state index contributed by atoms with van der Waals surface area (Å²) in [6, 6.07) is 0. The Kier molecular flexibility index (Phi) is 2.72. The minimum Gasteiger partial charge on any atom is -0.376 e. The van der Waals surface area contributed by atoms with Gasteiger partial charge in [-0.3, -0.25) is 0 Å². The van der Waals surface area contributed by atoms with Crippen LogP contribution in [0.3, 0.4) is 0 Å². The van der Waals surface area contributed by atoms with E-state index in [2.05, 4.69) is 0 Å². The van der Waals surface area contributed by atoms with E-state index in [0.29, 0.717) is 13.2 Å². The highest BCUT2D eigenvalue weighted by molar-refractivity contribution is 7.89. The van der Waals surface area contributed by atoms with Gasteiger partial charge in [-0.25, -0.2) is 13.6 Å². The van der Waals surface area contributed by atoms with Crippen molar-refractivity contribution in [1.82, 2.24) is 0 Å². The van der Waals surface area contributed by atoms with E-state index in [9.17, 15) is 8.42 Å². The van der Waals surface area contributed by atoms with Crippen LogP contribution in [-0.2, 0) is 19.5 Å². The minimum atomic E-state index is -3.49. The molecule has 0 aromatic rings. The van der Waals surface area contributed by atoms with Crippen LogP contribution >= 0.6 is 0 Å². The Labute approximate surface area is 71.9 Å². The maximum atomic E-state index is 10.7. The molecule has 2 N–H and O–H groups in total. The van der Waals surface area contributed by atoms with Gasteiger partial charge < -0.3 is 9.47 Å². The number of sulfonamides is 1. The van der Waals surface area contributed by atoms with Gasteiger partial charge in [0.2, 0.25) is 10.0 Å². The zero-order valence-electron chi connectivity index (χ0n) is 6.95. The maximum absolute atomic E-state index is 10.7. The molecule has 1 aliphatic heterocycles. The molecular weight excluding hydrogens is 182 g/mol. The predicted octanol–water partition coefficient (Wildman–Crippen LogP) is -0.920. The largest absolute Gasteiger partial charge is 0.376 e. The highest BCUT2D eigenvalue weighted by atomic mass is 32.2. The van der Waals surface area contributed by atoms with E-state index >= 15 is 0 Å². The first kappa shape index (κ1) is 9.91. The molecule has 1 aliphatic rings. The van der Waals surface area contributed by atoms with Crippen LogP contribution in [0.15, 0.2) is 0 Å². The molecular formula is C6H13NO4S. The van der Waals surface area contributed by atoms with Crippen molar-refractivity contribution in [1.29, 1.82) is 0 Å². The van der Waals surface area contributed by atoms with E-state index in [0.717, 1.165) is 0 Å². The number of ether oxygens (including phenoxy) is 2. The van der Waals surface area contributed by atoms with Crippen LogP contribution in [0.25, 0.3) is 0 Å². The van der Waals surface area contributed by atoms with Crippen molar-refractivity contribution in [2.75, 3.05) is 25.6 Å². The fourth-order valence-electron chi connectivity index (χ4n) is 1.19. The molecule has 12 heavy (non-hydrogen) atoms.